The summed E-state index contributed by atoms with van der Waals surface area (Å²) in [7, 11) is 2.25. The maximum Gasteiger partial charge on any atom is 0.251 e. The van der Waals surface area contributed by atoms with Crippen molar-refractivity contribution in [2.24, 2.45) is 5.92 Å². The van der Waals surface area contributed by atoms with Gasteiger partial charge in [0.2, 0.25) is 0 Å². The molecule has 0 radical (unpaired) electrons. The molecule has 0 spiro atoms. The third-order valence-corrected chi connectivity index (χ3v) is 6.65. The Hall–Kier alpha value is -1.35. The van der Waals surface area contributed by atoms with E-state index in [0.717, 1.165) is 24.8 Å². The highest BCUT2D eigenvalue weighted by molar-refractivity contribution is 5.94. The van der Waals surface area contributed by atoms with Gasteiger partial charge in [-0.1, -0.05) is 39.0 Å². The van der Waals surface area contributed by atoms with Gasteiger partial charge in [-0.3, -0.25) is 9.69 Å². The highest BCUT2D eigenvalue weighted by atomic mass is 16.1. The molecule has 0 bridgehead atoms. The van der Waals surface area contributed by atoms with E-state index in [1.807, 2.05) is 30.3 Å². The molecule has 3 heteroatoms. The lowest BCUT2D eigenvalue weighted by molar-refractivity contribution is -0.0772. The van der Waals surface area contributed by atoms with Gasteiger partial charge in [-0.05, 0) is 58.2 Å². The number of carbonyl (C=O) groups is 1. The van der Waals surface area contributed by atoms with E-state index in [-0.39, 0.29) is 23.0 Å². The summed E-state index contributed by atoms with van der Waals surface area (Å²) < 4.78 is 0. The van der Waals surface area contributed by atoms with E-state index in [1.165, 1.54) is 0 Å². The zero-order valence-electron chi connectivity index (χ0n) is 15.5. The predicted molar refractivity (Wildman–Crippen MR) is 96.6 cm³/mol. The number of hydrogen-bond donors (Lipinski definition) is 1. The number of benzene rings is 1. The van der Waals surface area contributed by atoms with Crippen molar-refractivity contribution in [3.8, 4) is 0 Å². The van der Waals surface area contributed by atoms with Crippen LogP contribution in [0.4, 0.5) is 0 Å². The molecule has 1 aliphatic rings. The Morgan fingerprint density at radius 1 is 1.22 bits per heavy atom. The van der Waals surface area contributed by atoms with Crippen molar-refractivity contribution in [2.75, 3.05) is 7.05 Å². The fourth-order valence-electron chi connectivity index (χ4n) is 4.10. The van der Waals surface area contributed by atoms with Gasteiger partial charge in [0.15, 0.2) is 0 Å². The monoisotopic (exact) mass is 316 g/mol. The molecule has 3 nitrogen and oxygen atoms in total. The Kier molecular flexibility index (Phi) is 5.20. The first-order valence-electron chi connectivity index (χ1n) is 8.88. The Labute approximate surface area is 141 Å². The van der Waals surface area contributed by atoms with Crippen molar-refractivity contribution in [3.63, 3.8) is 0 Å². The van der Waals surface area contributed by atoms with Crippen molar-refractivity contribution >= 4 is 5.91 Å². The van der Waals surface area contributed by atoms with Gasteiger partial charge in [0, 0.05) is 22.7 Å². The predicted octanol–water partition coefficient (Wildman–Crippen LogP) is 4.09. The van der Waals surface area contributed by atoms with E-state index in [4.69, 9.17) is 0 Å². The van der Waals surface area contributed by atoms with Crippen molar-refractivity contribution in [1.29, 1.82) is 0 Å². The van der Waals surface area contributed by atoms with Crippen LogP contribution in [-0.4, -0.2) is 35.0 Å². The molecule has 4 unspecified atom stereocenters. The summed E-state index contributed by atoms with van der Waals surface area (Å²) in [5.74, 6) is 0.452. The van der Waals surface area contributed by atoms with Crippen molar-refractivity contribution in [2.45, 2.75) is 71.0 Å². The van der Waals surface area contributed by atoms with E-state index in [9.17, 15) is 4.79 Å². The number of hydrogen-bond acceptors (Lipinski definition) is 2. The lowest BCUT2D eigenvalue weighted by Crippen LogP contribution is -2.68. The molecule has 1 fully saturated rings. The zero-order valence-corrected chi connectivity index (χ0v) is 15.5. The number of likely N-dealkylation sites (tertiary alicyclic amines) is 1. The van der Waals surface area contributed by atoms with Gasteiger partial charge in [0.05, 0.1) is 0 Å². The van der Waals surface area contributed by atoms with Gasteiger partial charge in [-0.25, -0.2) is 0 Å². The Balaban J connectivity index is 2.25. The second-order valence-electron chi connectivity index (χ2n) is 7.56. The Morgan fingerprint density at radius 2 is 1.83 bits per heavy atom. The molecule has 0 saturated carbocycles. The summed E-state index contributed by atoms with van der Waals surface area (Å²) in [6, 6.07) is 9.74. The molecule has 23 heavy (non-hydrogen) atoms. The minimum atomic E-state index is 0.0453. The minimum Gasteiger partial charge on any atom is -0.349 e. The molecule has 4 atom stereocenters. The highest BCUT2D eigenvalue weighted by Crippen LogP contribution is 2.44. The number of piperidine rings is 1. The first-order chi connectivity index (χ1) is 10.8. The maximum atomic E-state index is 12.6. The molecule has 1 saturated heterocycles. The van der Waals surface area contributed by atoms with E-state index in [1.54, 1.807) is 0 Å². The van der Waals surface area contributed by atoms with Crippen LogP contribution in [0.5, 0.6) is 0 Å². The maximum absolute atomic E-state index is 12.6. The lowest BCUT2D eigenvalue weighted by atomic mass is 9.67. The van der Waals surface area contributed by atoms with Gasteiger partial charge >= 0.3 is 0 Å². The van der Waals surface area contributed by atoms with E-state index >= 15 is 0 Å². The van der Waals surface area contributed by atoms with Crippen LogP contribution in [0.1, 0.15) is 64.2 Å². The van der Waals surface area contributed by atoms with Crippen LogP contribution in [0.15, 0.2) is 30.3 Å². The fraction of sp³-hybridized carbons (Fsp3) is 0.650. The number of nitrogens with zero attached hydrogens (tertiary/aromatic N) is 1. The number of carbonyl (C=O) groups excluding carboxylic acids is 1. The summed E-state index contributed by atoms with van der Waals surface area (Å²) >= 11 is 0. The molecule has 0 aliphatic carbocycles. The van der Waals surface area contributed by atoms with Crippen molar-refractivity contribution in [1.82, 2.24) is 10.2 Å². The smallest absolute Gasteiger partial charge is 0.251 e. The molecule has 1 heterocycles. The topological polar surface area (TPSA) is 32.3 Å². The van der Waals surface area contributed by atoms with Crippen LogP contribution in [0.3, 0.4) is 0 Å². The standard InChI is InChI=1S/C20H32N2O/c1-7-19(4)14-17(15(3)20(5,8-2)22(19)6)21-18(23)16-12-10-9-11-13-16/h9-13,15,17H,7-8,14H2,1-6H3,(H,21,23). The summed E-state index contributed by atoms with van der Waals surface area (Å²) in [6.45, 7) is 11.5. The van der Waals surface area contributed by atoms with Crippen molar-refractivity contribution in [3.05, 3.63) is 35.9 Å². The lowest BCUT2D eigenvalue weighted by Gasteiger charge is -2.59. The summed E-state index contributed by atoms with van der Waals surface area (Å²) in [5.41, 5.74) is 0.957. The Bertz CT molecular complexity index is 544. The molecule has 1 amide bonds. The number of amides is 1. The molecule has 0 aromatic heterocycles. The molecule has 2 rings (SSSR count). The Morgan fingerprint density at radius 3 is 2.35 bits per heavy atom. The number of nitrogens with one attached hydrogen (secondary N) is 1. The average molecular weight is 316 g/mol. The number of rotatable bonds is 4. The molecule has 1 aliphatic heterocycles. The molecular formula is C20H32N2O. The normalized spacial score (nSPS) is 35.0. The van der Waals surface area contributed by atoms with Gasteiger partial charge in [-0.2, -0.15) is 0 Å². The largest absolute Gasteiger partial charge is 0.349 e. The summed E-state index contributed by atoms with van der Waals surface area (Å²) in [4.78, 5) is 15.2. The van der Waals surface area contributed by atoms with Gasteiger partial charge < -0.3 is 5.32 Å². The van der Waals surface area contributed by atoms with Crippen LogP contribution in [0.2, 0.25) is 0 Å². The molecule has 128 valence electrons. The van der Waals surface area contributed by atoms with E-state index in [2.05, 4.69) is 51.9 Å². The second kappa shape index (κ2) is 6.64. The van der Waals surface area contributed by atoms with Crippen molar-refractivity contribution < 1.29 is 4.79 Å². The zero-order chi connectivity index (χ0) is 17.3. The van der Waals surface area contributed by atoms with Gasteiger partial charge in [-0.15, -0.1) is 0 Å². The fourth-order valence-corrected chi connectivity index (χ4v) is 4.10. The molecule has 1 aromatic carbocycles. The van der Waals surface area contributed by atoms with Crippen LogP contribution >= 0.6 is 0 Å². The van der Waals surface area contributed by atoms with E-state index in [0.29, 0.717) is 5.92 Å². The quantitative estimate of drug-likeness (QED) is 0.907. The molecular weight excluding hydrogens is 284 g/mol. The SMILES string of the molecule is CCC1(C)CC(NC(=O)c2ccccc2)C(C)C(C)(CC)N1C. The van der Waals surface area contributed by atoms with Crippen LogP contribution in [0.25, 0.3) is 0 Å². The van der Waals surface area contributed by atoms with E-state index < -0.39 is 0 Å². The second-order valence-corrected chi connectivity index (χ2v) is 7.56. The van der Waals surface area contributed by atoms with Gasteiger partial charge in [0.25, 0.3) is 5.91 Å². The van der Waals surface area contributed by atoms with Crippen LogP contribution < -0.4 is 5.32 Å². The minimum absolute atomic E-state index is 0.0453. The molecule has 1 N–H and O–H groups in total. The van der Waals surface area contributed by atoms with Gasteiger partial charge in [0.1, 0.15) is 0 Å². The first kappa shape index (κ1) is 18.0. The third-order valence-electron chi connectivity index (χ3n) is 6.65. The highest BCUT2D eigenvalue weighted by Gasteiger charge is 2.51. The summed E-state index contributed by atoms with van der Waals surface area (Å²) in [6.07, 6.45) is 3.16. The third kappa shape index (κ3) is 3.16. The summed E-state index contributed by atoms with van der Waals surface area (Å²) in [5, 5.41) is 3.32. The molecule has 1 aromatic rings. The van der Waals surface area contributed by atoms with Crippen LogP contribution in [0, 0.1) is 5.92 Å². The average Bonchev–Trinajstić information content (AvgIpc) is 2.58. The first-order valence-corrected chi connectivity index (χ1v) is 8.88. The van der Waals surface area contributed by atoms with Crippen LogP contribution in [-0.2, 0) is 0 Å².